The Morgan fingerprint density at radius 2 is 2.33 bits per heavy atom. The van der Waals surface area contributed by atoms with Gasteiger partial charge in [-0.3, -0.25) is 4.68 Å². The Labute approximate surface area is 128 Å². The number of aromatic nitrogens is 2. The van der Waals surface area contributed by atoms with Gasteiger partial charge in [0.15, 0.2) is 0 Å². The molecule has 120 valence electrons. The summed E-state index contributed by atoms with van der Waals surface area (Å²) in [5.41, 5.74) is 1.50. The number of nitrogens with zero attached hydrogens (tertiary/aromatic N) is 3. The molecule has 0 spiro atoms. The second-order valence-electron chi connectivity index (χ2n) is 6.89. The largest absolute Gasteiger partial charge is 0.381 e. The van der Waals surface area contributed by atoms with Crippen molar-refractivity contribution in [3.63, 3.8) is 0 Å². The van der Waals surface area contributed by atoms with Crippen LogP contribution in [0.5, 0.6) is 0 Å². The Morgan fingerprint density at radius 3 is 2.90 bits per heavy atom. The molecule has 1 fully saturated rings. The van der Waals surface area contributed by atoms with Crippen LogP contribution in [0.25, 0.3) is 0 Å². The summed E-state index contributed by atoms with van der Waals surface area (Å²) in [6.45, 7) is 9.22. The first-order chi connectivity index (χ1) is 9.99. The van der Waals surface area contributed by atoms with Crippen LogP contribution in [0.2, 0.25) is 0 Å². The average molecular weight is 294 g/mol. The van der Waals surface area contributed by atoms with Gasteiger partial charge in [0.25, 0.3) is 0 Å². The maximum Gasteiger partial charge on any atom is 0.0546 e. The van der Waals surface area contributed by atoms with Gasteiger partial charge < -0.3 is 15.0 Å². The summed E-state index contributed by atoms with van der Waals surface area (Å²) in [5.74, 6) is 0. The molecule has 21 heavy (non-hydrogen) atoms. The maximum atomic E-state index is 5.79. The van der Waals surface area contributed by atoms with Crippen molar-refractivity contribution in [2.75, 3.05) is 33.4 Å². The fourth-order valence-corrected chi connectivity index (χ4v) is 3.14. The van der Waals surface area contributed by atoms with Gasteiger partial charge in [-0.25, -0.2) is 0 Å². The molecule has 1 saturated heterocycles. The first-order valence-electron chi connectivity index (χ1n) is 7.96. The predicted molar refractivity (Wildman–Crippen MR) is 85.2 cm³/mol. The molecule has 0 saturated carbocycles. The van der Waals surface area contributed by atoms with Crippen molar-refractivity contribution in [2.24, 2.45) is 12.5 Å². The van der Waals surface area contributed by atoms with E-state index < -0.39 is 0 Å². The number of nitrogens with one attached hydrogen (secondary N) is 1. The highest BCUT2D eigenvalue weighted by atomic mass is 16.5. The molecule has 2 rings (SSSR count). The van der Waals surface area contributed by atoms with E-state index >= 15 is 0 Å². The quantitative estimate of drug-likeness (QED) is 0.830. The minimum Gasteiger partial charge on any atom is -0.381 e. The minimum atomic E-state index is 0.236. The van der Waals surface area contributed by atoms with Crippen molar-refractivity contribution in [1.29, 1.82) is 0 Å². The highest BCUT2D eigenvalue weighted by Crippen LogP contribution is 2.29. The molecule has 1 aromatic rings. The van der Waals surface area contributed by atoms with E-state index in [1.807, 2.05) is 17.9 Å². The molecule has 5 nitrogen and oxygen atoms in total. The fourth-order valence-electron chi connectivity index (χ4n) is 3.14. The van der Waals surface area contributed by atoms with Crippen LogP contribution in [0.15, 0.2) is 12.4 Å². The van der Waals surface area contributed by atoms with Gasteiger partial charge in [-0.2, -0.15) is 5.10 Å². The van der Waals surface area contributed by atoms with Gasteiger partial charge >= 0.3 is 0 Å². The number of rotatable bonds is 7. The second kappa shape index (κ2) is 7.38. The third kappa shape index (κ3) is 5.09. The van der Waals surface area contributed by atoms with Gasteiger partial charge in [0.2, 0.25) is 0 Å². The molecule has 1 atom stereocenters. The molecule has 0 bridgehead atoms. The summed E-state index contributed by atoms with van der Waals surface area (Å²) in [5, 5.41) is 7.85. The van der Waals surface area contributed by atoms with E-state index in [4.69, 9.17) is 4.74 Å². The van der Waals surface area contributed by atoms with E-state index in [2.05, 4.69) is 42.4 Å². The Kier molecular flexibility index (Phi) is 5.79. The normalized spacial score (nSPS) is 23.1. The van der Waals surface area contributed by atoms with Crippen LogP contribution >= 0.6 is 0 Å². The van der Waals surface area contributed by atoms with Crippen molar-refractivity contribution in [1.82, 2.24) is 20.0 Å². The van der Waals surface area contributed by atoms with E-state index in [1.165, 1.54) is 18.4 Å². The highest BCUT2D eigenvalue weighted by Gasteiger charge is 2.34. The van der Waals surface area contributed by atoms with E-state index in [-0.39, 0.29) is 5.41 Å². The van der Waals surface area contributed by atoms with Crippen molar-refractivity contribution in [3.8, 4) is 0 Å². The van der Waals surface area contributed by atoms with E-state index in [0.29, 0.717) is 6.04 Å². The molecule has 5 heteroatoms. The van der Waals surface area contributed by atoms with Crippen LogP contribution in [-0.2, 0) is 18.3 Å². The molecule has 0 amide bonds. The van der Waals surface area contributed by atoms with Gasteiger partial charge in [0, 0.05) is 56.5 Å². The first kappa shape index (κ1) is 16.5. The zero-order valence-corrected chi connectivity index (χ0v) is 13.9. The molecule has 1 aliphatic heterocycles. The lowest BCUT2D eigenvalue weighted by Gasteiger charge is -2.40. The number of aryl methyl sites for hydroxylation is 1. The Bertz CT molecular complexity index is 424. The standard InChI is InChI=1S/C16H30N4O/c1-14(2)17-11-16(6-5-7-21-13-16)12-19(3)9-15-8-18-20(4)10-15/h8,10,14,17H,5-7,9,11-13H2,1-4H3. The Hall–Kier alpha value is -0.910. The van der Waals surface area contributed by atoms with Gasteiger partial charge in [0.05, 0.1) is 12.8 Å². The SMILES string of the molecule is CC(C)NCC1(CN(C)Cc2cnn(C)c2)CCCOC1. The molecule has 1 aromatic heterocycles. The summed E-state index contributed by atoms with van der Waals surface area (Å²) < 4.78 is 7.65. The molecule has 0 aromatic carbocycles. The summed E-state index contributed by atoms with van der Waals surface area (Å²) in [7, 11) is 4.16. The van der Waals surface area contributed by atoms with E-state index in [1.54, 1.807) is 0 Å². The lowest BCUT2D eigenvalue weighted by molar-refractivity contribution is -0.0245. The molecule has 1 unspecified atom stereocenters. The fraction of sp³-hybridized carbons (Fsp3) is 0.812. The zero-order valence-electron chi connectivity index (χ0n) is 13.9. The lowest BCUT2D eigenvalue weighted by atomic mass is 9.81. The van der Waals surface area contributed by atoms with Gasteiger partial charge in [-0.05, 0) is 19.9 Å². The van der Waals surface area contributed by atoms with Crippen LogP contribution in [-0.4, -0.2) is 54.1 Å². The van der Waals surface area contributed by atoms with E-state index in [0.717, 1.165) is 32.8 Å². The number of hydrogen-bond donors (Lipinski definition) is 1. The summed E-state index contributed by atoms with van der Waals surface area (Å²) in [4.78, 5) is 2.40. The first-order valence-corrected chi connectivity index (χ1v) is 7.96. The average Bonchev–Trinajstić information content (AvgIpc) is 2.83. The summed E-state index contributed by atoms with van der Waals surface area (Å²) in [6, 6.07) is 0.521. The van der Waals surface area contributed by atoms with Gasteiger partial charge in [-0.15, -0.1) is 0 Å². The third-order valence-corrected chi connectivity index (χ3v) is 4.11. The van der Waals surface area contributed by atoms with Crippen molar-refractivity contribution in [2.45, 2.75) is 39.3 Å². The van der Waals surface area contributed by atoms with Crippen LogP contribution in [0, 0.1) is 5.41 Å². The smallest absolute Gasteiger partial charge is 0.0546 e. The molecule has 0 aliphatic carbocycles. The van der Waals surface area contributed by atoms with Gasteiger partial charge in [0.1, 0.15) is 0 Å². The molecule has 1 aliphatic rings. The van der Waals surface area contributed by atoms with Crippen LogP contribution < -0.4 is 5.32 Å². The Balaban J connectivity index is 1.93. The van der Waals surface area contributed by atoms with Crippen molar-refractivity contribution >= 4 is 0 Å². The van der Waals surface area contributed by atoms with Crippen molar-refractivity contribution < 1.29 is 4.74 Å². The molecule has 2 heterocycles. The third-order valence-electron chi connectivity index (χ3n) is 4.11. The zero-order chi connectivity index (χ0) is 15.3. The number of hydrogen-bond acceptors (Lipinski definition) is 4. The summed E-state index contributed by atoms with van der Waals surface area (Å²) in [6.07, 6.45) is 6.45. The minimum absolute atomic E-state index is 0.236. The van der Waals surface area contributed by atoms with Crippen molar-refractivity contribution in [3.05, 3.63) is 18.0 Å². The molecule has 0 radical (unpaired) electrons. The topological polar surface area (TPSA) is 42.3 Å². The van der Waals surface area contributed by atoms with Crippen LogP contribution in [0.3, 0.4) is 0 Å². The molecular formula is C16H30N4O. The molecular weight excluding hydrogens is 264 g/mol. The van der Waals surface area contributed by atoms with Crippen LogP contribution in [0.1, 0.15) is 32.3 Å². The van der Waals surface area contributed by atoms with Gasteiger partial charge in [-0.1, -0.05) is 13.8 Å². The lowest BCUT2D eigenvalue weighted by Crippen LogP contribution is -2.49. The molecule has 1 N–H and O–H groups in total. The van der Waals surface area contributed by atoms with E-state index in [9.17, 15) is 0 Å². The van der Waals surface area contributed by atoms with Crippen LogP contribution in [0.4, 0.5) is 0 Å². The Morgan fingerprint density at radius 1 is 1.52 bits per heavy atom. The predicted octanol–water partition coefficient (Wildman–Crippen LogP) is 1.65. The summed E-state index contributed by atoms with van der Waals surface area (Å²) >= 11 is 0. The highest BCUT2D eigenvalue weighted by molar-refractivity contribution is 5.03. The monoisotopic (exact) mass is 294 g/mol. The number of ether oxygens (including phenoxy) is 1. The second-order valence-corrected chi connectivity index (χ2v) is 6.89. The maximum absolute atomic E-state index is 5.79.